The van der Waals surface area contributed by atoms with Gasteiger partial charge in [0.2, 0.25) is 11.9 Å². The Labute approximate surface area is 162 Å². The lowest BCUT2D eigenvalue weighted by Crippen LogP contribution is -2.10. The van der Waals surface area contributed by atoms with Crippen LogP contribution in [-0.4, -0.2) is 20.5 Å². The molecule has 1 amide bonds. The van der Waals surface area contributed by atoms with E-state index < -0.39 is 17.6 Å². The molecule has 0 unspecified atom stereocenters. The lowest BCUT2D eigenvalue weighted by Gasteiger charge is -2.08. The molecule has 0 radical (unpaired) electrons. The summed E-state index contributed by atoms with van der Waals surface area (Å²) in [6.07, 6.45) is -4.39. The summed E-state index contributed by atoms with van der Waals surface area (Å²) in [6.45, 7) is 0. The molecular weight excluding hydrogens is 383 g/mol. The average molecular weight is 397 g/mol. The number of benzene rings is 2. The molecule has 0 saturated carbocycles. The van der Waals surface area contributed by atoms with Gasteiger partial charge in [-0.1, -0.05) is 18.2 Å². The van der Waals surface area contributed by atoms with Crippen LogP contribution in [0.3, 0.4) is 0 Å². The van der Waals surface area contributed by atoms with Crippen molar-refractivity contribution in [1.29, 1.82) is 0 Å². The SMILES string of the molecule is NC(=O)c1ccc(Nc2nc3cccc(-c4ccc(C(F)(F)F)cc4)n3n2)cc1. The second-order valence-electron chi connectivity index (χ2n) is 6.26. The fourth-order valence-electron chi connectivity index (χ4n) is 2.85. The number of hydrogen-bond acceptors (Lipinski definition) is 4. The highest BCUT2D eigenvalue weighted by Gasteiger charge is 2.30. The maximum Gasteiger partial charge on any atom is 0.416 e. The second-order valence-corrected chi connectivity index (χ2v) is 6.26. The first kappa shape index (κ1) is 18.5. The van der Waals surface area contributed by atoms with E-state index in [9.17, 15) is 18.0 Å². The van der Waals surface area contributed by atoms with E-state index in [2.05, 4.69) is 15.4 Å². The van der Waals surface area contributed by atoms with Crippen molar-refractivity contribution in [2.24, 2.45) is 5.73 Å². The zero-order valence-electron chi connectivity index (χ0n) is 14.8. The van der Waals surface area contributed by atoms with E-state index in [1.165, 1.54) is 12.1 Å². The Bertz CT molecular complexity index is 1180. The van der Waals surface area contributed by atoms with Crippen LogP contribution in [0.2, 0.25) is 0 Å². The van der Waals surface area contributed by atoms with Crippen molar-refractivity contribution in [3.63, 3.8) is 0 Å². The van der Waals surface area contributed by atoms with E-state index in [0.717, 1.165) is 12.1 Å². The lowest BCUT2D eigenvalue weighted by atomic mass is 10.1. The van der Waals surface area contributed by atoms with Gasteiger partial charge in [-0.2, -0.15) is 18.2 Å². The van der Waals surface area contributed by atoms with Crippen molar-refractivity contribution in [1.82, 2.24) is 14.6 Å². The number of fused-ring (bicyclic) bond motifs is 1. The molecule has 3 N–H and O–H groups in total. The largest absolute Gasteiger partial charge is 0.416 e. The molecule has 9 heteroatoms. The summed E-state index contributed by atoms with van der Waals surface area (Å²) >= 11 is 0. The van der Waals surface area contributed by atoms with Crippen LogP contribution in [0, 0.1) is 0 Å². The van der Waals surface area contributed by atoms with Crippen LogP contribution in [-0.2, 0) is 6.18 Å². The van der Waals surface area contributed by atoms with Crippen LogP contribution >= 0.6 is 0 Å². The van der Waals surface area contributed by atoms with Gasteiger partial charge in [0, 0.05) is 16.8 Å². The summed E-state index contributed by atoms with van der Waals surface area (Å²) < 4.78 is 39.9. The highest BCUT2D eigenvalue weighted by molar-refractivity contribution is 5.93. The Morgan fingerprint density at radius 2 is 1.66 bits per heavy atom. The number of carbonyl (C=O) groups is 1. The molecule has 4 rings (SSSR count). The molecular formula is C20H14F3N5O. The van der Waals surface area contributed by atoms with Gasteiger partial charge in [0.1, 0.15) is 0 Å². The molecule has 0 aliphatic heterocycles. The van der Waals surface area contributed by atoms with E-state index in [0.29, 0.717) is 34.1 Å². The van der Waals surface area contributed by atoms with Gasteiger partial charge in [0.25, 0.3) is 0 Å². The minimum absolute atomic E-state index is 0.302. The number of nitrogens with zero attached hydrogens (tertiary/aromatic N) is 3. The number of nitrogens with one attached hydrogen (secondary N) is 1. The summed E-state index contributed by atoms with van der Waals surface area (Å²) in [4.78, 5) is 15.5. The third kappa shape index (κ3) is 3.75. The van der Waals surface area contributed by atoms with E-state index in [4.69, 9.17) is 5.73 Å². The molecule has 0 saturated heterocycles. The van der Waals surface area contributed by atoms with Gasteiger partial charge in [0.05, 0.1) is 11.3 Å². The van der Waals surface area contributed by atoms with Crippen LogP contribution in [0.5, 0.6) is 0 Å². The minimum Gasteiger partial charge on any atom is -0.366 e. The first-order valence-electron chi connectivity index (χ1n) is 8.51. The van der Waals surface area contributed by atoms with Gasteiger partial charge in [-0.15, -0.1) is 5.10 Å². The van der Waals surface area contributed by atoms with Gasteiger partial charge in [0.15, 0.2) is 5.65 Å². The molecule has 2 aromatic carbocycles. The van der Waals surface area contributed by atoms with Gasteiger partial charge >= 0.3 is 6.18 Å². The smallest absolute Gasteiger partial charge is 0.366 e. The molecule has 0 fully saturated rings. The summed E-state index contributed by atoms with van der Waals surface area (Å²) in [6, 6.07) is 16.6. The first-order valence-corrected chi connectivity index (χ1v) is 8.51. The van der Waals surface area contributed by atoms with Crippen molar-refractivity contribution in [3.05, 3.63) is 77.9 Å². The van der Waals surface area contributed by atoms with Gasteiger partial charge in [-0.25, -0.2) is 4.52 Å². The Morgan fingerprint density at radius 1 is 0.966 bits per heavy atom. The number of rotatable bonds is 4. The highest BCUT2D eigenvalue weighted by Crippen LogP contribution is 2.31. The first-order chi connectivity index (χ1) is 13.8. The molecule has 0 atom stereocenters. The van der Waals surface area contributed by atoms with Crippen molar-refractivity contribution < 1.29 is 18.0 Å². The predicted molar refractivity (Wildman–Crippen MR) is 102 cm³/mol. The number of anilines is 2. The van der Waals surface area contributed by atoms with Crippen molar-refractivity contribution >= 4 is 23.2 Å². The summed E-state index contributed by atoms with van der Waals surface area (Å²) in [5, 5.41) is 7.42. The van der Waals surface area contributed by atoms with Crippen molar-refractivity contribution in [3.8, 4) is 11.3 Å². The Hall–Kier alpha value is -3.88. The maximum atomic E-state index is 12.8. The monoisotopic (exact) mass is 397 g/mol. The molecule has 6 nitrogen and oxygen atoms in total. The van der Waals surface area contributed by atoms with Crippen molar-refractivity contribution in [2.45, 2.75) is 6.18 Å². The zero-order valence-corrected chi connectivity index (χ0v) is 14.8. The topological polar surface area (TPSA) is 85.3 Å². The highest BCUT2D eigenvalue weighted by atomic mass is 19.4. The number of aromatic nitrogens is 3. The van der Waals surface area contributed by atoms with Crippen LogP contribution in [0.15, 0.2) is 66.7 Å². The number of halogens is 3. The predicted octanol–water partition coefficient (Wildman–Crippen LogP) is 4.26. The second kappa shape index (κ2) is 6.93. The van der Waals surface area contributed by atoms with Crippen LogP contribution < -0.4 is 11.1 Å². The number of hydrogen-bond donors (Lipinski definition) is 2. The Kier molecular flexibility index (Phi) is 4.42. The van der Waals surface area contributed by atoms with E-state index in [1.54, 1.807) is 47.0 Å². The molecule has 0 bridgehead atoms. The molecule has 2 heterocycles. The maximum absolute atomic E-state index is 12.8. The standard InChI is InChI=1S/C20H14F3N5O/c21-20(22,23)14-8-4-12(5-9-14)16-2-1-3-17-26-19(27-28(16)17)25-15-10-6-13(7-11-15)18(24)29/h1-11H,(H2,24,29)(H,25,27). The summed E-state index contributed by atoms with van der Waals surface area (Å²) in [5.41, 5.74) is 7.24. The quantitative estimate of drug-likeness (QED) is 0.539. The molecule has 0 aliphatic rings. The third-order valence-corrected chi connectivity index (χ3v) is 4.29. The summed E-state index contributed by atoms with van der Waals surface area (Å²) in [5.74, 6) is -0.222. The van der Waals surface area contributed by atoms with E-state index in [-0.39, 0.29) is 0 Å². The molecule has 0 aliphatic carbocycles. The van der Waals surface area contributed by atoms with Crippen LogP contribution in [0.1, 0.15) is 15.9 Å². The fourth-order valence-corrected chi connectivity index (χ4v) is 2.85. The number of alkyl halides is 3. The number of nitrogens with two attached hydrogens (primary N) is 1. The van der Waals surface area contributed by atoms with Crippen LogP contribution in [0.4, 0.5) is 24.8 Å². The van der Waals surface area contributed by atoms with Gasteiger partial charge < -0.3 is 11.1 Å². The van der Waals surface area contributed by atoms with E-state index in [1.807, 2.05) is 0 Å². The van der Waals surface area contributed by atoms with Crippen molar-refractivity contribution in [2.75, 3.05) is 5.32 Å². The number of pyridine rings is 1. The zero-order chi connectivity index (χ0) is 20.6. The van der Waals surface area contributed by atoms with Gasteiger partial charge in [-0.05, 0) is 48.5 Å². The number of carbonyl (C=O) groups excluding carboxylic acids is 1. The average Bonchev–Trinajstić information content (AvgIpc) is 3.10. The van der Waals surface area contributed by atoms with Gasteiger partial charge in [-0.3, -0.25) is 4.79 Å². The third-order valence-electron chi connectivity index (χ3n) is 4.29. The molecule has 2 aromatic heterocycles. The Balaban J connectivity index is 1.66. The molecule has 29 heavy (non-hydrogen) atoms. The Morgan fingerprint density at radius 3 is 2.28 bits per heavy atom. The minimum atomic E-state index is -4.39. The number of primary amides is 1. The number of amides is 1. The van der Waals surface area contributed by atoms with E-state index >= 15 is 0 Å². The van der Waals surface area contributed by atoms with Crippen LogP contribution in [0.25, 0.3) is 16.9 Å². The normalized spacial score (nSPS) is 11.6. The lowest BCUT2D eigenvalue weighted by molar-refractivity contribution is -0.137. The molecule has 4 aromatic rings. The summed E-state index contributed by atoms with van der Waals surface area (Å²) in [7, 11) is 0. The molecule has 146 valence electrons. The fraction of sp³-hybridized carbons (Fsp3) is 0.0500. The molecule has 0 spiro atoms.